The van der Waals surface area contributed by atoms with Crippen molar-refractivity contribution in [2.75, 3.05) is 6.66 Å². The Hall–Kier alpha value is -0.380. The SMILES string of the molecule is CC1(C)CC(N)(C(=O)O)CC1P(C)(=O)O. The Morgan fingerprint density at radius 2 is 2.00 bits per heavy atom. The first-order chi connectivity index (χ1) is 6.49. The van der Waals surface area contributed by atoms with Crippen LogP contribution in [0, 0.1) is 5.41 Å². The van der Waals surface area contributed by atoms with Crippen molar-refractivity contribution in [3.8, 4) is 0 Å². The van der Waals surface area contributed by atoms with E-state index in [0.29, 0.717) is 0 Å². The molecule has 0 bridgehead atoms. The molecule has 0 heterocycles. The lowest BCUT2D eigenvalue weighted by Gasteiger charge is -2.28. The number of carboxylic acids is 1. The summed E-state index contributed by atoms with van der Waals surface area (Å²) in [5, 5.41) is 8.99. The van der Waals surface area contributed by atoms with Crippen molar-refractivity contribution in [2.24, 2.45) is 11.1 Å². The highest BCUT2D eigenvalue weighted by Gasteiger charge is 2.56. The smallest absolute Gasteiger partial charge is 0.323 e. The van der Waals surface area contributed by atoms with E-state index < -0.39 is 30.0 Å². The van der Waals surface area contributed by atoms with E-state index >= 15 is 0 Å². The van der Waals surface area contributed by atoms with Crippen molar-refractivity contribution in [3.63, 3.8) is 0 Å². The Kier molecular flexibility index (Phi) is 2.80. The van der Waals surface area contributed by atoms with E-state index in [0.717, 1.165) is 0 Å². The highest BCUT2D eigenvalue weighted by molar-refractivity contribution is 7.58. The Morgan fingerprint density at radius 1 is 1.53 bits per heavy atom. The number of hydrogen-bond acceptors (Lipinski definition) is 3. The molecule has 4 N–H and O–H groups in total. The molecule has 0 radical (unpaired) electrons. The van der Waals surface area contributed by atoms with Crippen molar-refractivity contribution in [3.05, 3.63) is 0 Å². The van der Waals surface area contributed by atoms with E-state index in [1.165, 1.54) is 6.66 Å². The van der Waals surface area contributed by atoms with Gasteiger partial charge in [-0.05, 0) is 18.3 Å². The van der Waals surface area contributed by atoms with Gasteiger partial charge < -0.3 is 15.7 Å². The van der Waals surface area contributed by atoms with Crippen molar-refractivity contribution in [1.29, 1.82) is 0 Å². The minimum Gasteiger partial charge on any atom is -0.480 e. The summed E-state index contributed by atoms with van der Waals surface area (Å²) in [5.41, 5.74) is 3.33. The lowest BCUT2D eigenvalue weighted by atomic mass is 9.88. The van der Waals surface area contributed by atoms with E-state index in [2.05, 4.69) is 0 Å². The second-order valence-corrected chi connectivity index (χ2v) is 7.80. The van der Waals surface area contributed by atoms with Gasteiger partial charge in [-0.25, -0.2) is 0 Å². The van der Waals surface area contributed by atoms with Gasteiger partial charge in [-0.1, -0.05) is 13.8 Å². The van der Waals surface area contributed by atoms with Gasteiger partial charge in [-0.2, -0.15) is 0 Å². The summed E-state index contributed by atoms with van der Waals surface area (Å²) in [7, 11) is -3.30. The van der Waals surface area contributed by atoms with Gasteiger partial charge in [0.25, 0.3) is 0 Å². The Morgan fingerprint density at radius 3 is 2.20 bits per heavy atom. The lowest BCUT2D eigenvalue weighted by molar-refractivity contribution is -0.143. The minimum atomic E-state index is -3.30. The van der Waals surface area contributed by atoms with E-state index in [1.54, 1.807) is 13.8 Å². The Balaban J connectivity index is 3.06. The van der Waals surface area contributed by atoms with Crippen LogP contribution in [0.15, 0.2) is 0 Å². The molecule has 0 aliphatic heterocycles. The third-order valence-corrected chi connectivity index (χ3v) is 5.27. The van der Waals surface area contributed by atoms with Crippen LogP contribution < -0.4 is 5.73 Å². The molecule has 0 aromatic carbocycles. The van der Waals surface area contributed by atoms with Gasteiger partial charge in [-0.3, -0.25) is 9.36 Å². The van der Waals surface area contributed by atoms with Crippen LogP contribution in [-0.2, 0) is 9.36 Å². The molecule has 3 unspecified atom stereocenters. The third-order valence-electron chi connectivity index (χ3n) is 3.23. The van der Waals surface area contributed by atoms with E-state index in [9.17, 15) is 14.3 Å². The minimum absolute atomic E-state index is 0.0691. The molecule has 15 heavy (non-hydrogen) atoms. The highest BCUT2D eigenvalue weighted by atomic mass is 31.2. The maximum Gasteiger partial charge on any atom is 0.323 e. The molecule has 5 nitrogen and oxygen atoms in total. The molecule has 0 saturated heterocycles. The van der Waals surface area contributed by atoms with Crippen LogP contribution in [0.1, 0.15) is 26.7 Å². The second-order valence-electron chi connectivity index (χ2n) is 5.29. The molecule has 3 atom stereocenters. The predicted octanol–water partition coefficient (Wildman–Crippen LogP) is 0.857. The van der Waals surface area contributed by atoms with E-state index in [4.69, 9.17) is 10.8 Å². The number of carbonyl (C=O) groups is 1. The van der Waals surface area contributed by atoms with Crippen LogP contribution in [0.4, 0.5) is 0 Å². The maximum absolute atomic E-state index is 11.6. The largest absolute Gasteiger partial charge is 0.480 e. The second kappa shape index (κ2) is 3.30. The molecule has 1 saturated carbocycles. The first-order valence-corrected chi connectivity index (χ1v) is 6.99. The van der Waals surface area contributed by atoms with Crippen LogP contribution in [0.5, 0.6) is 0 Å². The molecule has 88 valence electrons. The molecule has 6 heteroatoms. The van der Waals surface area contributed by atoms with Crippen LogP contribution >= 0.6 is 7.37 Å². The molecule has 0 amide bonds. The van der Waals surface area contributed by atoms with Crippen LogP contribution in [-0.4, -0.2) is 33.8 Å². The number of rotatable bonds is 2. The summed E-state index contributed by atoms with van der Waals surface area (Å²) in [4.78, 5) is 20.6. The fraction of sp³-hybridized carbons (Fsp3) is 0.889. The van der Waals surface area contributed by atoms with Gasteiger partial charge in [0.1, 0.15) is 5.54 Å². The standard InChI is InChI=1S/C9H18NO4P/c1-8(2)5-9(10,7(11)12)4-6(8)15(3,13)14/h6H,4-5,10H2,1-3H3,(H,11,12)(H,13,14). The zero-order chi connectivity index (χ0) is 12.1. The van der Waals surface area contributed by atoms with E-state index in [1.807, 2.05) is 0 Å². The zero-order valence-corrected chi connectivity index (χ0v) is 10.1. The molecular formula is C9H18NO4P. The first-order valence-electron chi connectivity index (χ1n) is 4.81. The molecular weight excluding hydrogens is 217 g/mol. The number of carboxylic acid groups (broad SMARTS) is 1. The van der Waals surface area contributed by atoms with E-state index in [-0.39, 0.29) is 12.8 Å². The average molecular weight is 235 g/mol. The summed E-state index contributed by atoms with van der Waals surface area (Å²) in [6.45, 7) is 4.86. The summed E-state index contributed by atoms with van der Waals surface area (Å²) in [6.07, 6.45) is 0.304. The summed E-state index contributed by atoms with van der Waals surface area (Å²) < 4.78 is 11.6. The van der Waals surface area contributed by atoms with Crippen molar-refractivity contribution in [2.45, 2.75) is 37.9 Å². The van der Waals surface area contributed by atoms with Gasteiger partial charge in [0.05, 0.1) is 0 Å². The summed E-state index contributed by atoms with van der Waals surface area (Å²) in [6, 6.07) is 0. The van der Waals surface area contributed by atoms with Gasteiger partial charge in [0, 0.05) is 12.3 Å². The van der Waals surface area contributed by atoms with Crippen LogP contribution in [0.2, 0.25) is 0 Å². The molecule has 0 spiro atoms. The molecule has 1 rings (SSSR count). The van der Waals surface area contributed by atoms with Crippen LogP contribution in [0.25, 0.3) is 0 Å². The fourth-order valence-corrected chi connectivity index (χ4v) is 4.66. The quantitative estimate of drug-likeness (QED) is 0.616. The average Bonchev–Trinajstić information content (AvgIpc) is 2.21. The predicted molar refractivity (Wildman–Crippen MR) is 57.1 cm³/mol. The van der Waals surface area contributed by atoms with Crippen molar-refractivity contribution < 1.29 is 19.4 Å². The molecule has 0 aromatic rings. The van der Waals surface area contributed by atoms with Gasteiger partial charge in [-0.15, -0.1) is 0 Å². The lowest BCUT2D eigenvalue weighted by Crippen LogP contribution is -2.46. The topological polar surface area (TPSA) is 101 Å². The highest BCUT2D eigenvalue weighted by Crippen LogP contribution is 2.59. The Labute approximate surface area is 89.1 Å². The Bertz CT molecular complexity index is 335. The van der Waals surface area contributed by atoms with Crippen LogP contribution in [0.3, 0.4) is 0 Å². The third kappa shape index (κ3) is 2.25. The number of nitrogens with two attached hydrogens (primary N) is 1. The number of aliphatic carboxylic acids is 1. The molecule has 0 aromatic heterocycles. The first kappa shape index (κ1) is 12.7. The van der Waals surface area contributed by atoms with Gasteiger partial charge in [0.15, 0.2) is 0 Å². The zero-order valence-electron chi connectivity index (χ0n) is 9.23. The van der Waals surface area contributed by atoms with Gasteiger partial charge in [0.2, 0.25) is 7.37 Å². The van der Waals surface area contributed by atoms with Crippen molar-refractivity contribution >= 4 is 13.3 Å². The normalized spacial score (nSPS) is 38.6. The molecule has 1 aliphatic carbocycles. The summed E-state index contributed by atoms with van der Waals surface area (Å²) >= 11 is 0. The number of hydrogen-bond donors (Lipinski definition) is 3. The van der Waals surface area contributed by atoms with Crippen molar-refractivity contribution in [1.82, 2.24) is 0 Å². The summed E-state index contributed by atoms with van der Waals surface area (Å²) in [5.74, 6) is -1.09. The maximum atomic E-state index is 11.6. The fourth-order valence-electron chi connectivity index (χ4n) is 2.61. The monoisotopic (exact) mass is 235 g/mol. The molecule has 1 aliphatic rings. The van der Waals surface area contributed by atoms with Gasteiger partial charge >= 0.3 is 5.97 Å². The molecule has 1 fully saturated rings.